The van der Waals surface area contributed by atoms with Crippen molar-refractivity contribution >= 4 is 72.1 Å². The zero-order chi connectivity index (χ0) is 9.56. The minimum atomic E-state index is 0.530. The molecule has 0 aliphatic carbocycles. The SMILES string of the molecule is CSc1c(SC)c1=[S+]C.I[I-]I. The van der Waals surface area contributed by atoms with Gasteiger partial charge in [0.1, 0.15) is 0 Å². The molecule has 0 aromatic heterocycles. The average Bonchev–Trinajstić information content (AvgIpc) is 2.77. The molecule has 0 N–H and O–H groups in total. The number of hydrogen-bond donors (Lipinski definition) is 0. The molecule has 0 bridgehead atoms. The van der Waals surface area contributed by atoms with Crippen LogP contribution in [-0.2, 0) is 11.4 Å². The summed E-state index contributed by atoms with van der Waals surface area (Å²) in [5.41, 5.74) is 0. The van der Waals surface area contributed by atoms with E-state index in [4.69, 9.17) is 0 Å². The maximum absolute atomic E-state index is 2.39. The van der Waals surface area contributed by atoms with Crippen LogP contribution in [0.1, 0.15) is 0 Å². The third-order valence-electron chi connectivity index (χ3n) is 1.17. The van der Waals surface area contributed by atoms with E-state index < -0.39 is 0 Å². The summed E-state index contributed by atoms with van der Waals surface area (Å²) in [6.07, 6.45) is 6.40. The molecule has 0 saturated carbocycles. The summed E-state index contributed by atoms with van der Waals surface area (Å²) < 4.78 is 1.51. The third kappa shape index (κ3) is 4.99. The van der Waals surface area contributed by atoms with Crippen molar-refractivity contribution in [2.24, 2.45) is 0 Å². The van der Waals surface area contributed by atoms with E-state index in [-0.39, 0.29) is 0 Å². The Morgan fingerprint density at radius 2 is 1.50 bits per heavy atom. The van der Waals surface area contributed by atoms with Crippen LogP contribution in [0.3, 0.4) is 0 Å². The van der Waals surface area contributed by atoms with Crippen LogP contribution in [0.4, 0.5) is 0 Å². The summed E-state index contributed by atoms with van der Waals surface area (Å²) in [6.45, 7) is 0. The Morgan fingerprint density at radius 1 is 1.17 bits per heavy atom. The van der Waals surface area contributed by atoms with Gasteiger partial charge in [-0.3, -0.25) is 0 Å². The van der Waals surface area contributed by atoms with E-state index in [1.165, 1.54) is 14.3 Å². The molecule has 0 nitrogen and oxygen atoms in total. The van der Waals surface area contributed by atoms with E-state index >= 15 is 0 Å². The van der Waals surface area contributed by atoms with E-state index in [1.54, 1.807) is 0 Å². The van der Waals surface area contributed by atoms with Crippen molar-refractivity contribution < 1.29 is 13.3 Å². The summed E-state index contributed by atoms with van der Waals surface area (Å²) in [5.74, 6) is 0. The summed E-state index contributed by atoms with van der Waals surface area (Å²) in [7, 11) is 0. The predicted octanol–water partition coefficient (Wildman–Crippen LogP) is 1.03. The molecule has 0 spiro atoms. The van der Waals surface area contributed by atoms with E-state index in [1.807, 2.05) is 34.9 Å². The van der Waals surface area contributed by atoms with Crippen molar-refractivity contribution in [1.29, 1.82) is 0 Å². The first-order valence-corrected chi connectivity index (χ1v) is 19.1. The average molecular weight is 558 g/mol. The molecular weight excluding hydrogens is 549 g/mol. The molecule has 6 heteroatoms. The third-order valence-corrected chi connectivity index (χ3v) is 4.01. The summed E-state index contributed by atoms with van der Waals surface area (Å²) in [4.78, 5) is 3.02. The Bertz CT molecular complexity index is 220. The van der Waals surface area contributed by atoms with Crippen molar-refractivity contribution in [3.8, 4) is 0 Å². The summed E-state index contributed by atoms with van der Waals surface area (Å²) >= 11 is 10.9. The molecule has 0 unspecified atom stereocenters. The molecule has 0 fully saturated rings. The van der Waals surface area contributed by atoms with Gasteiger partial charge in [0.25, 0.3) is 4.51 Å². The molecule has 0 amide bonds. The van der Waals surface area contributed by atoms with Gasteiger partial charge in [-0.2, -0.15) is 0 Å². The van der Waals surface area contributed by atoms with Crippen molar-refractivity contribution in [1.82, 2.24) is 0 Å². The molecule has 12 heavy (non-hydrogen) atoms. The molecule has 1 rings (SSSR count). The topological polar surface area (TPSA) is 0 Å². The Hall–Kier alpha value is 2.72. The van der Waals surface area contributed by atoms with E-state index in [0.29, 0.717) is 13.3 Å². The van der Waals surface area contributed by atoms with Crippen LogP contribution in [0, 0.1) is 4.51 Å². The van der Waals surface area contributed by atoms with Gasteiger partial charge in [0.2, 0.25) is 0 Å². The second-order valence-electron chi connectivity index (χ2n) is 1.65. The molecule has 0 aliphatic heterocycles. The van der Waals surface area contributed by atoms with Crippen molar-refractivity contribution in [3.63, 3.8) is 0 Å². The summed E-state index contributed by atoms with van der Waals surface area (Å²) in [6, 6.07) is 0. The molecule has 0 aliphatic rings. The molecule has 0 radical (unpaired) electrons. The second kappa shape index (κ2) is 8.98. The van der Waals surface area contributed by atoms with Gasteiger partial charge in [-0.1, -0.05) is 0 Å². The van der Waals surface area contributed by atoms with Crippen LogP contribution in [0.2, 0.25) is 0 Å². The Labute approximate surface area is 116 Å². The minimum absolute atomic E-state index is 0.530. The van der Waals surface area contributed by atoms with E-state index in [0.717, 1.165) is 0 Å². The van der Waals surface area contributed by atoms with Crippen molar-refractivity contribution in [2.45, 2.75) is 9.79 Å². The number of halogens is 3. The molecule has 1 aromatic rings. The number of hydrogen-bond acceptors (Lipinski definition) is 2. The molecular formula is C6H9I3S3. The molecule has 1 aromatic carbocycles. The monoisotopic (exact) mass is 558 g/mol. The fourth-order valence-electron chi connectivity index (χ4n) is 0.695. The first-order chi connectivity index (χ1) is 5.76. The van der Waals surface area contributed by atoms with Gasteiger partial charge >= 0.3 is 50.5 Å². The normalized spacial score (nSPS) is 9.75. The Kier molecular flexibility index (Phi) is 11.0. The first-order valence-electron chi connectivity index (χ1n) is 2.87. The molecule has 0 heterocycles. The maximum atomic E-state index is 2.39. The fraction of sp³-hybridized carbons (Fsp3) is 0.500. The molecule has 0 atom stereocenters. The summed E-state index contributed by atoms with van der Waals surface area (Å²) in [5, 5.41) is 0. The molecule has 72 valence electrons. The van der Waals surface area contributed by atoms with Crippen LogP contribution in [-0.4, -0.2) is 18.8 Å². The second-order valence-corrected chi connectivity index (χ2v) is 20.3. The van der Waals surface area contributed by atoms with Crippen LogP contribution in [0.5, 0.6) is 0 Å². The van der Waals surface area contributed by atoms with Crippen LogP contribution in [0.15, 0.2) is 9.79 Å². The van der Waals surface area contributed by atoms with Gasteiger partial charge in [0.15, 0.2) is 17.6 Å². The van der Waals surface area contributed by atoms with Crippen molar-refractivity contribution in [2.75, 3.05) is 18.8 Å². The Balaban J connectivity index is 0.000000354. The van der Waals surface area contributed by atoms with Gasteiger partial charge in [-0.25, -0.2) is 0 Å². The van der Waals surface area contributed by atoms with Gasteiger partial charge in [0.05, 0.1) is 9.79 Å². The van der Waals surface area contributed by atoms with E-state index in [2.05, 4.69) is 56.0 Å². The van der Waals surface area contributed by atoms with Crippen LogP contribution in [0.25, 0.3) is 0 Å². The fourth-order valence-corrected chi connectivity index (χ4v) is 3.96. The Morgan fingerprint density at radius 3 is 1.58 bits per heavy atom. The molecule has 0 saturated heterocycles. The number of thioether (sulfide) groups is 2. The van der Waals surface area contributed by atoms with E-state index in [9.17, 15) is 0 Å². The quantitative estimate of drug-likeness (QED) is 0.231. The zero-order valence-electron chi connectivity index (χ0n) is 6.86. The van der Waals surface area contributed by atoms with Gasteiger partial charge in [0, 0.05) is 0 Å². The number of rotatable bonds is 2. The van der Waals surface area contributed by atoms with Crippen molar-refractivity contribution in [3.05, 3.63) is 4.51 Å². The predicted molar refractivity (Wildman–Crippen MR) is 76.9 cm³/mol. The standard InChI is InChI=1S/C6H9S3.I3/c1-7-4-5(8-2)6(4)9-3;1-3-2/h1-3H3;/q+1;-1. The van der Waals surface area contributed by atoms with Crippen LogP contribution >= 0.6 is 60.8 Å². The van der Waals surface area contributed by atoms with Gasteiger partial charge in [-0.15, -0.1) is 23.5 Å². The zero-order valence-corrected chi connectivity index (χ0v) is 15.8. The van der Waals surface area contributed by atoms with Gasteiger partial charge < -0.3 is 0 Å². The first kappa shape index (κ1) is 14.7. The van der Waals surface area contributed by atoms with Crippen LogP contribution < -0.4 is 13.3 Å². The van der Waals surface area contributed by atoms with Gasteiger partial charge in [-0.05, 0) is 12.5 Å².